The van der Waals surface area contributed by atoms with Crippen LogP contribution < -0.4 is 11.1 Å². The van der Waals surface area contributed by atoms with Crippen LogP contribution in [0, 0.1) is 0 Å². The van der Waals surface area contributed by atoms with Crippen LogP contribution in [0.5, 0.6) is 0 Å². The van der Waals surface area contributed by atoms with Gasteiger partial charge in [-0.25, -0.2) is 0 Å². The lowest BCUT2D eigenvalue weighted by Gasteiger charge is -2.36. The van der Waals surface area contributed by atoms with E-state index in [-0.39, 0.29) is 23.7 Å². The minimum absolute atomic E-state index is 0. The van der Waals surface area contributed by atoms with Gasteiger partial charge in [-0.05, 0) is 48.1 Å². The summed E-state index contributed by atoms with van der Waals surface area (Å²) in [6.07, 6.45) is 3.42. The molecule has 0 bridgehead atoms. The van der Waals surface area contributed by atoms with Crippen molar-refractivity contribution in [2.45, 2.75) is 38.1 Å². The van der Waals surface area contributed by atoms with Crippen LogP contribution in [0.1, 0.15) is 46.8 Å². The second kappa shape index (κ2) is 7.82. The minimum atomic E-state index is -0.0159. The summed E-state index contributed by atoms with van der Waals surface area (Å²) in [4.78, 5) is 12.4. The largest absolute Gasteiger partial charge is 0.351 e. The second-order valence-electron chi connectivity index (χ2n) is 6.66. The van der Waals surface area contributed by atoms with Crippen molar-refractivity contribution in [3.05, 3.63) is 70.8 Å². The minimum Gasteiger partial charge on any atom is -0.351 e. The first kappa shape index (κ1) is 18.5. The maximum Gasteiger partial charge on any atom is 0.251 e. The summed E-state index contributed by atoms with van der Waals surface area (Å²) < 4.78 is 0. The summed E-state index contributed by atoms with van der Waals surface area (Å²) in [5.41, 5.74) is 10.1. The van der Waals surface area contributed by atoms with Gasteiger partial charge in [0, 0.05) is 24.1 Å². The van der Waals surface area contributed by atoms with Crippen LogP contribution >= 0.6 is 12.4 Å². The van der Waals surface area contributed by atoms with Crippen molar-refractivity contribution >= 4 is 18.3 Å². The number of nitrogens with two attached hydrogens (primary N) is 1. The molecule has 1 unspecified atom stereocenters. The van der Waals surface area contributed by atoms with Crippen molar-refractivity contribution in [3.63, 3.8) is 0 Å². The van der Waals surface area contributed by atoms with Crippen LogP contribution in [-0.4, -0.2) is 12.5 Å². The van der Waals surface area contributed by atoms with Crippen molar-refractivity contribution < 1.29 is 4.79 Å². The van der Waals surface area contributed by atoms with Crippen molar-refractivity contribution in [2.75, 3.05) is 6.54 Å². The molecule has 4 heteroatoms. The van der Waals surface area contributed by atoms with Crippen LogP contribution in [0.2, 0.25) is 0 Å². The average molecular weight is 345 g/mol. The first-order valence-corrected chi connectivity index (χ1v) is 8.28. The summed E-state index contributed by atoms with van der Waals surface area (Å²) >= 11 is 0. The van der Waals surface area contributed by atoms with Crippen molar-refractivity contribution in [3.8, 4) is 0 Å². The van der Waals surface area contributed by atoms with E-state index in [1.807, 2.05) is 24.3 Å². The highest BCUT2D eigenvalue weighted by atomic mass is 35.5. The number of rotatable bonds is 4. The number of amides is 1. The quantitative estimate of drug-likeness (QED) is 0.890. The molecule has 2 aromatic carbocycles. The molecule has 0 radical (unpaired) electrons. The molecular weight excluding hydrogens is 320 g/mol. The Bertz CT molecular complexity index is 699. The Labute approximate surface area is 150 Å². The van der Waals surface area contributed by atoms with E-state index >= 15 is 0 Å². The molecule has 0 aromatic heterocycles. The third-order valence-corrected chi connectivity index (χ3v) is 4.93. The fourth-order valence-corrected chi connectivity index (χ4v) is 3.48. The fourth-order valence-electron chi connectivity index (χ4n) is 3.48. The van der Waals surface area contributed by atoms with Gasteiger partial charge in [-0.15, -0.1) is 12.4 Å². The lowest BCUT2D eigenvalue weighted by atomic mass is 9.71. The molecule has 0 heterocycles. The monoisotopic (exact) mass is 344 g/mol. The van der Waals surface area contributed by atoms with Gasteiger partial charge >= 0.3 is 0 Å². The second-order valence-corrected chi connectivity index (χ2v) is 6.66. The molecule has 0 saturated heterocycles. The number of nitrogens with one attached hydrogen (secondary N) is 1. The van der Waals surface area contributed by atoms with Crippen molar-refractivity contribution in [1.29, 1.82) is 0 Å². The molecule has 0 fully saturated rings. The number of carbonyl (C=O) groups excluding carboxylic acids is 1. The molecule has 0 saturated carbocycles. The zero-order valence-electron chi connectivity index (χ0n) is 14.0. The molecule has 0 aliphatic heterocycles. The highest BCUT2D eigenvalue weighted by Gasteiger charge is 2.32. The van der Waals surface area contributed by atoms with E-state index in [9.17, 15) is 4.79 Å². The Hall–Kier alpha value is -1.84. The van der Waals surface area contributed by atoms with E-state index in [4.69, 9.17) is 5.73 Å². The molecular formula is C20H25ClN2O. The fraction of sp³-hybridized carbons (Fsp3) is 0.350. The third kappa shape index (κ3) is 3.80. The lowest BCUT2D eigenvalue weighted by Crippen LogP contribution is -2.40. The standard InChI is InChI=1S/C20H24N2O.ClH/c1-20(12-4-6-16-5-2-3-7-18(16)20)14-22-19(23)17-10-8-15(13-21)9-11-17;/h2-3,5,7-11H,4,6,12-14,21H2,1H3,(H,22,23);1H. The van der Waals surface area contributed by atoms with Crippen LogP contribution in [0.4, 0.5) is 0 Å². The van der Waals surface area contributed by atoms with E-state index in [0.29, 0.717) is 18.7 Å². The van der Waals surface area contributed by atoms with Crippen molar-refractivity contribution in [1.82, 2.24) is 5.32 Å². The number of hydrogen-bond donors (Lipinski definition) is 2. The predicted octanol–water partition coefficient (Wildman–Crippen LogP) is 3.59. The maximum atomic E-state index is 12.4. The topological polar surface area (TPSA) is 55.1 Å². The molecule has 1 aliphatic rings. The van der Waals surface area contributed by atoms with Gasteiger partial charge in [0.2, 0.25) is 0 Å². The normalized spacial score (nSPS) is 19.1. The number of halogens is 1. The molecule has 0 spiro atoms. The first-order valence-electron chi connectivity index (χ1n) is 8.28. The molecule has 2 aromatic rings. The van der Waals surface area contributed by atoms with Crippen LogP contribution in [0.25, 0.3) is 0 Å². The van der Waals surface area contributed by atoms with Crippen LogP contribution in [0.3, 0.4) is 0 Å². The van der Waals surface area contributed by atoms with Gasteiger partial charge in [-0.3, -0.25) is 4.79 Å². The summed E-state index contributed by atoms with van der Waals surface area (Å²) in [5.74, 6) is -0.0159. The molecule has 1 amide bonds. The predicted molar refractivity (Wildman–Crippen MR) is 101 cm³/mol. The van der Waals surface area contributed by atoms with Crippen LogP contribution in [-0.2, 0) is 18.4 Å². The van der Waals surface area contributed by atoms with Gasteiger partial charge in [0.25, 0.3) is 5.91 Å². The van der Waals surface area contributed by atoms with Gasteiger partial charge in [-0.2, -0.15) is 0 Å². The zero-order valence-corrected chi connectivity index (χ0v) is 14.9. The summed E-state index contributed by atoms with van der Waals surface area (Å²) in [6.45, 7) is 3.42. The third-order valence-electron chi connectivity index (χ3n) is 4.93. The highest BCUT2D eigenvalue weighted by Crippen LogP contribution is 2.36. The Morgan fingerprint density at radius 2 is 1.88 bits per heavy atom. The van der Waals surface area contributed by atoms with Gasteiger partial charge in [-0.1, -0.05) is 43.3 Å². The van der Waals surface area contributed by atoms with Gasteiger partial charge < -0.3 is 11.1 Å². The Balaban J connectivity index is 0.00000208. The number of hydrogen-bond acceptors (Lipinski definition) is 2. The van der Waals surface area contributed by atoms with Gasteiger partial charge in [0.05, 0.1) is 0 Å². The van der Waals surface area contributed by atoms with Gasteiger partial charge in [0.15, 0.2) is 0 Å². The van der Waals surface area contributed by atoms with E-state index in [1.165, 1.54) is 17.5 Å². The van der Waals surface area contributed by atoms with E-state index in [0.717, 1.165) is 18.4 Å². The summed E-state index contributed by atoms with van der Waals surface area (Å²) in [5, 5.41) is 3.12. The molecule has 1 atom stereocenters. The molecule has 3 N–H and O–H groups in total. The van der Waals surface area contributed by atoms with E-state index in [2.05, 4.69) is 36.5 Å². The molecule has 24 heavy (non-hydrogen) atoms. The van der Waals surface area contributed by atoms with E-state index < -0.39 is 0 Å². The first-order chi connectivity index (χ1) is 11.1. The molecule has 3 rings (SSSR count). The highest BCUT2D eigenvalue weighted by molar-refractivity contribution is 5.94. The molecule has 1 aliphatic carbocycles. The number of fused-ring (bicyclic) bond motifs is 1. The van der Waals surface area contributed by atoms with Gasteiger partial charge in [0.1, 0.15) is 0 Å². The maximum absolute atomic E-state index is 12.4. The average Bonchev–Trinajstić information content (AvgIpc) is 2.60. The summed E-state index contributed by atoms with van der Waals surface area (Å²) in [6, 6.07) is 16.1. The number of benzene rings is 2. The Morgan fingerprint density at radius 1 is 1.17 bits per heavy atom. The van der Waals surface area contributed by atoms with Crippen molar-refractivity contribution in [2.24, 2.45) is 5.73 Å². The smallest absolute Gasteiger partial charge is 0.251 e. The SMILES string of the molecule is CC1(CNC(=O)c2ccc(CN)cc2)CCCc2ccccc21.Cl. The van der Waals surface area contributed by atoms with Crippen LogP contribution in [0.15, 0.2) is 48.5 Å². The number of carbonyl (C=O) groups is 1. The molecule has 128 valence electrons. The zero-order chi connectivity index (χ0) is 16.3. The molecule has 3 nitrogen and oxygen atoms in total. The van der Waals surface area contributed by atoms with E-state index in [1.54, 1.807) is 0 Å². The Kier molecular flexibility index (Phi) is 6.03. The summed E-state index contributed by atoms with van der Waals surface area (Å²) in [7, 11) is 0. The number of aryl methyl sites for hydroxylation is 1. The lowest BCUT2D eigenvalue weighted by molar-refractivity contribution is 0.0942. The Morgan fingerprint density at radius 3 is 2.58 bits per heavy atom.